The van der Waals surface area contributed by atoms with Gasteiger partial charge in [0.25, 0.3) is 5.91 Å². The highest BCUT2D eigenvalue weighted by atomic mass is 32.2. The molecule has 1 fully saturated rings. The molecule has 2 aromatic carbocycles. The number of amides is 1. The molecule has 2 heterocycles. The Morgan fingerprint density at radius 1 is 1.19 bits per heavy atom. The van der Waals surface area contributed by atoms with Crippen LogP contribution >= 0.6 is 11.8 Å². The van der Waals surface area contributed by atoms with Gasteiger partial charge in [-0.15, -0.1) is 11.8 Å². The molecule has 1 saturated heterocycles. The molecule has 4 rings (SSSR count). The lowest BCUT2D eigenvalue weighted by Crippen LogP contribution is -2.76. The van der Waals surface area contributed by atoms with Gasteiger partial charge < -0.3 is 14.4 Å². The number of carbonyl (C=O) groups is 2. The van der Waals surface area contributed by atoms with E-state index in [0.29, 0.717) is 13.0 Å². The monoisotopic (exact) mass is 383 g/mol. The third kappa shape index (κ3) is 2.66. The van der Waals surface area contributed by atoms with Crippen LogP contribution in [-0.4, -0.2) is 42.3 Å². The molecule has 27 heavy (non-hydrogen) atoms. The van der Waals surface area contributed by atoms with Crippen LogP contribution in [0.15, 0.2) is 54.6 Å². The summed E-state index contributed by atoms with van der Waals surface area (Å²) in [6.07, 6.45) is 1.78. The number of ether oxygens (including phenoxy) is 2. The van der Waals surface area contributed by atoms with Gasteiger partial charge in [-0.3, -0.25) is 4.79 Å². The number of hydrogen-bond donors (Lipinski definition) is 0. The molecule has 140 valence electrons. The van der Waals surface area contributed by atoms with Gasteiger partial charge in [0, 0.05) is 6.42 Å². The van der Waals surface area contributed by atoms with Crippen LogP contribution in [0, 0.1) is 0 Å². The van der Waals surface area contributed by atoms with Gasteiger partial charge in [-0.1, -0.05) is 54.6 Å². The molecule has 0 saturated carbocycles. The molecule has 0 aliphatic carbocycles. The zero-order valence-electron chi connectivity index (χ0n) is 15.3. The fourth-order valence-corrected chi connectivity index (χ4v) is 5.32. The summed E-state index contributed by atoms with van der Waals surface area (Å²) in [6.45, 7) is 0.346. The van der Waals surface area contributed by atoms with Crippen molar-refractivity contribution < 1.29 is 19.1 Å². The minimum Gasteiger partial charge on any atom is -0.467 e. The van der Waals surface area contributed by atoms with Crippen LogP contribution in [0.1, 0.15) is 16.7 Å². The predicted octanol–water partition coefficient (Wildman–Crippen LogP) is 2.73. The van der Waals surface area contributed by atoms with Crippen molar-refractivity contribution in [2.24, 2.45) is 0 Å². The van der Waals surface area contributed by atoms with Crippen molar-refractivity contribution in [1.29, 1.82) is 0 Å². The lowest BCUT2D eigenvalue weighted by molar-refractivity contribution is -0.196. The summed E-state index contributed by atoms with van der Waals surface area (Å²) in [7, 11) is 1.36. The second-order valence-corrected chi connectivity index (χ2v) is 7.72. The Labute approximate surface area is 162 Å². The first-order chi connectivity index (χ1) is 13.1. The summed E-state index contributed by atoms with van der Waals surface area (Å²) in [5.41, 5.74) is 3.10. The topological polar surface area (TPSA) is 55.8 Å². The van der Waals surface area contributed by atoms with E-state index in [-0.39, 0.29) is 5.91 Å². The third-order valence-electron chi connectivity index (χ3n) is 5.35. The van der Waals surface area contributed by atoms with Crippen molar-refractivity contribution in [1.82, 2.24) is 4.90 Å². The first-order valence-electron chi connectivity index (χ1n) is 8.83. The number of methoxy groups -OCH3 is 1. The van der Waals surface area contributed by atoms with E-state index in [0.717, 1.165) is 16.7 Å². The first kappa shape index (κ1) is 18.1. The molecule has 3 unspecified atom stereocenters. The van der Waals surface area contributed by atoms with Crippen LogP contribution in [0.3, 0.4) is 0 Å². The number of fused-ring (bicyclic) bond motifs is 3. The van der Waals surface area contributed by atoms with Gasteiger partial charge >= 0.3 is 5.97 Å². The smallest absolute Gasteiger partial charge is 0.328 e. The number of thioether (sulfide) groups is 1. The quantitative estimate of drug-likeness (QED) is 0.587. The highest BCUT2D eigenvalue weighted by Gasteiger charge is 2.67. The highest BCUT2D eigenvalue weighted by molar-refractivity contribution is 7.99. The summed E-state index contributed by atoms with van der Waals surface area (Å²) >= 11 is 1.54. The van der Waals surface area contributed by atoms with Crippen molar-refractivity contribution in [3.8, 4) is 0 Å². The molecular weight excluding hydrogens is 362 g/mol. The van der Waals surface area contributed by atoms with Crippen molar-refractivity contribution in [3.63, 3.8) is 0 Å². The van der Waals surface area contributed by atoms with Crippen molar-refractivity contribution in [2.75, 3.05) is 13.4 Å². The molecule has 0 bridgehead atoms. The fourth-order valence-electron chi connectivity index (χ4n) is 4.10. The molecule has 2 aromatic rings. The van der Waals surface area contributed by atoms with Crippen LogP contribution in [0.25, 0.3) is 0 Å². The minimum atomic E-state index is -0.709. The first-order valence-corrected chi connectivity index (χ1v) is 10.1. The van der Waals surface area contributed by atoms with E-state index in [1.165, 1.54) is 18.9 Å². The second kappa shape index (κ2) is 7.02. The lowest BCUT2D eigenvalue weighted by Gasteiger charge is -2.60. The maximum atomic E-state index is 13.0. The molecule has 0 spiro atoms. The second-order valence-electron chi connectivity index (χ2n) is 6.69. The molecule has 2 aliphatic heterocycles. The lowest BCUT2D eigenvalue weighted by atomic mass is 9.78. The van der Waals surface area contributed by atoms with Gasteiger partial charge in [0.05, 0.1) is 13.7 Å². The average Bonchev–Trinajstić information content (AvgIpc) is 2.72. The zero-order valence-corrected chi connectivity index (χ0v) is 16.1. The van der Waals surface area contributed by atoms with E-state index in [2.05, 4.69) is 0 Å². The van der Waals surface area contributed by atoms with Gasteiger partial charge in [-0.25, -0.2) is 4.79 Å². The molecule has 1 amide bonds. The summed E-state index contributed by atoms with van der Waals surface area (Å²) in [5.74, 6) is -0.553. The van der Waals surface area contributed by atoms with E-state index in [1.54, 1.807) is 4.90 Å². The van der Waals surface area contributed by atoms with Crippen molar-refractivity contribution in [2.45, 2.75) is 30.0 Å². The number of carbonyl (C=O) groups excluding carboxylic acids is 2. The van der Waals surface area contributed by atoms with E-state index >= 15 is 0 Å². The maximum absolute atomic E-state index is 13.0. The average molecular weight is 383 g/mol. The van der Waals surface area contributed by atoms with Crippen molar-refractivity contribution in [3.05, 3.63) is 71.3 Å². The number of benzene rings is 2. The number of β-lactam (4-membered cyclic amide) rings is 1. The molecular formula is C21H21NO4S. The summed E-state index contributed by atoms with van der Waals surface area (Å²) in [6, 6.07) is 17.1. The summed E-state index contributed by atoms with van der Waals surface area (Å²) < 4.78 is 11.1. The van der Waals surface area contributed by atoms with Crippen LogP contribution < -0.4 is 0 Å². The van der Waals surface area contributed by atoms with Crippen LogP contribution in [-0.2, 0) is 37.0 Å². The van der Waals surface area contributed by atoms with Gasteiger partial charge in [-0.2, -0.15) is 0 Å². The Kier molecular flexibility index (Phi) is 4.70. The van der Waals surface area contributed by atoms with Crippen molar-refractivity contribution >= 4 is 23.6 Å². The fraction of sp³-hybridized carbons (Fsp3) is 0.333. The Hall–Kier alpha value is -2.31. The molecule has 0 radical (unpaired) electrons. The van der Waals surface area contributed by atoms with Crippen LogP contribution in [0.4, 0.5) is 0 Å². The normalized spacial score (nSPS) is 26.0. The molecule has 0 N–H and O–H groups in total. The Morgan fingerprint density at radius 3 is 2.59 bits per heavy atom. The highest BCUT2D eigenvalue weighted by Crippen LogP contribution is 2.56. The molecule has 2 aliphatic rings. The molecule has 0 aromatic heterocycles. The summed E-state index contributed by atoms with van der Waals surface area (Å²) in [5, 5.41) is 0. The summed E-state index contributed by atoms with van der Waals surface area (Å²) in [4.78, 5) is 26.3. The van der Waals surface area contributed by atoms with Crippen LogP contribution in [0.5, 0.6) is 0 Å². The Morgan fingerprint density at radius 2 is 1.89 bits per heavy atom. The minimum absolute atomic E-state index is 0.162. The molecule has 6 heteroatoms. The van der Waals surface area contributed by atoms with E-state index in [1.807, 2.05) is 60.9 Å². The Balaban J connectivity index is 1.71. The molecule has 5 nitrogen and oxygen atoms in total. The van der Waals surface area contributed by atoms with E-state index in [9.17, 15) is 9.59 Å². The number of nitrogens with zero attached hydrogens (tertiary/aromatic N) is 1. The Bertz CT molecular complexity index is 871. The zero-order chi connectivity index (χ0) is 19.0. The SMILES string of the molecule is COC(=O)C1Cc2ccccc2C2(SC)C(OCc3ccccc3)C(=O)N12. The maximum Gasteiger partial charge on any atom is 0.328 e. The van der Waals surface area contributed by atoms with Crippen LogP contribution in [0.2, 0.25) is 0 Å². The molecule has 3 atom stereocenters. The van der Waals surface area contributed by atoms with E-state index in [4.69, 9.17) is 9.47 Å². The number of hydrogen-bond acceptors (Lipinski definition) is 5. The third-order valence-corrected chi connectivity index (χ3v) is 6.60. The van der Waals surface area contributed by atoms with Gasteiger partial charge in [-0.05, 0) is 22.9 Å². The van der Waals surface area contributed by atoms with E-state index < -0.39 is 23.0 Å². The predicted molar refractivity (Wildman–Crippen MR) is 103 cm³/mol. The van der Waals surface area contributed by atoms with Gasteiger partial charge in [0.1, 0.15) is 6.04 Å². The number of rotatable bonds is 5. The van der Waals surface area contributed by atoms with Gasteiger partial charge in [0.2, 0.25) is 0 Å². The standard InChI is InChI=1S/C21H21NO4S/c1-25-20(24)17-12-15-10-6-7-11-16(15)21(27-2)18(19(23)22(17)21)26-13-14-8-4-3-5-9-14/h3-11,17-18H,12-13H2,1-2H3. The van der Waals surface area contributed by atoms with Gasteiger partial charge in [0.15, 0.2) is 11.0 Å². The number of esters is 1. The largest absolute Gasteiger partial charge is 0.467 e.